The van der Waals surface area contributed by atoms with Crippen molar-refractivity contribution in [3.8, 4) is 0 Å². The van der Waals surface area contributed by atoms with Crippen LogP contribution in [-0.2, 0) is 40.9 Å². The van der Waals surface area contributed by atoms with Crippen LogP contribution in [0.3, 0.4) is 0 Å². The maximum absolute atomic E-state index is 12.6. The predicted molar refractivity (Wildman–Crippen MR) is 115 cm³/mol. The Hall–Kier alpha value is -1.17. The number of ether oxygens (including phenoxy) is 2. The van der Waals surface area contributed by atoms with Gasteiger partial charge in [0.25, 0.3) is 0 Å². The van der Waals surface area contributed by atoms with E-state index in [0.29, 0.717) is 5.92 Å². The van der Waals surface area contributed by atoms with Crippen molar-refractivity contribution in [1.29, 1.82) is 0 Å². The molecule has 0 aliphatic heterocycles. The number of thiophene rings is 1. The molecule has 3 rings (SSSR count). The molecule has 1 aromatic rings. The van der Waals surface area contributed by atoms with Crippen molar-refractivity contribution in [1.82, 2.24) is 0 Å². The molecule has 1 unspecified atom stereocenters. The van der Waals surface area contributed by atoms with E-state index < -0.39 is 23.8 Å². The minimum absolute atomic E-state index is 0. The molecule has 0 N–H and O–H groups in total. The number of esters is 2. The second-order valence-corrected chi connectivity index (χ2v) is 7.35. The fraction of sp³-hybridized carbons (Fsp3) is 0.292. The number of Topliss-reactive ketones (excluding diaryl/α,β-unsaturated/α-hetero) is 1. The summed E-state index contributed by atoms with van der Waals surface area (Å²) in [6.07, 6.45) is 17.0. The molecule has 7 heteroatoms. The van der Waals surface area contributed by atoms with Crippen LogP contribution in [-0.4, -0.2) is 30.9 Å². The van der Waals surface area contributed by atoms with Crippen LogP contribution in [0.4, 0.5) is 0 Å². The van der Waals surface area contributed by atoms with Gasteiger partial charge >= 0.3 is 29.0 Å². The third kappa shape index (κ3) is 9.07. The molecule has 2 saturated carbocycles. The summed E-state index contributed by atoms with van der Waals surface area (Å²) in [6, 6.07) is 3.65. The first-order valence-electron chi connectivity index (χ1n) is 9.86. The molecule has 5 nitrogen and oxygen atoms in total. The second-order valence-electron chi connectivity index (χ2n) is 6.37. The molecule has 0 aromatic carbocycles. The second kappa shape index (κ2) is 15.6. The van der Waals surface area contributed by atoms with Crippen molar-refractivity contribution in [2.45, 2.75) is 26.2 Å². The smallest absolute Gasteiger partial charge is 0.465 e. The first-order chi connectivity index (χ1) is 14.6. The van der Waals surface area contributed by atoms with Gasteiger partial charge in [-0.1, -0.05) is 6.07 Å². The largest absolute Gasteiger partial charge is 2.00 e. The quantitative estimate of drug-likeness (QED) is 0.303. The van der Waals surface area contributed by atoms with Crippen molar-refractivity contribution in [2.24, 2.45) is 5.92 Å². The third-order valence-electron chi connectivity index (χ3n) is 4.34. The van der Waals surface area contributed by atoms with Crippen molar-refractivity contribution in [3.63, 3.8) is 0 Å². The van der Waals surface area contributed by atoms with Gasteiger partial charge in [-0.25, -0.2) is 0 Å². The van der Waals surface area contributed by atoms with Crippen LogP contribution >= 0.6 is 11.3 Å². The number of hydrogen-bond acceptors (Lipinski definition) is 6. The molecule has 0 amide bonds. The summed E-state index contributed by atoms with van der Waals surface area (Å²) < 4.78 is 10.2. The number of rotatable bonds is 9. The summed E-state index contributed by atoms with van der Waals surface area (Å²) in [6.45, 7) is 3.66. The van der Waals surface area contributed by atoms with Gasteiger partial charge in [0.15, 0.2) is 5.92 Å². The van der Waals surface area contributed by atoms with E-state index in [1.807, 2.05) is 49.6 Å². The third-order valence-corrected chi connectivity index (χ3v) is 5.34. The van der Waals surface area contributed by atoms with E-state index in [1.165, 1.54) is 11.3 Å². The van der Waals surface area contributed by atoms with E-state index in [1.54, 1.807) is 39.5 Å². The Bertz CT molecular complexity index is 625. The Morgan fingerprint density at radius 2 is 1.39 bits per heavy atom. The topological polar surface area (TPSA) is 69.7 Å². The van der Waals surface area contributed by atoms with Gasteiger partial charge in [0.1, 0.15) is 5.78 Å². The molecular weight excluding hydrogens is 456 g/mol. The van der Waals surface area contributed by atoms with Gasteiger partial charge in [-0.05, 0) is 83.1 Å². The Morgan fingerprint density at radius 1 is 0.871 bits per heavy atom. The van der Waals surface area contributed by atoms with Crippen molar-refractivity contribution in [2.75, 3.05) is 13.2 Å². The average molecular weight is 482 g/mol. The minimum atomic E-state index is -1.16. The van der Waals surface area contributed by atoms with Gasteiger partial charge in [0.05, 0.1) is 13.2 Å². The zero-order valence-corrected chi connectivity index (χ0v) is 19.4. The van der Waals surface area contributed by atoms with Crippen LogP contribution in [0, 0.1) is 69.6 Å². The van der Waals surface area contributed by atoms with Crippen LogP contribution < -0.4 is 0 Å². The Morgan fingerprint density at radius 3 is 1.81 bits per heavy atom. The monoisotopic (exact) mass is 482 g/mol. The molecule has 1 atom stereocenters. The number of hydrogen-bond donors (Lipinski definition) is 0. The zero-order valence-electron chi connectivity index (χ0n) is 17.5. The van der Waals surface area contributed by atoms with Gasteiger partial charge in [-0.3, -0.25) is 14.4 Å². The van der Waals surface area contributed by atoms with Crippen LogP contribution in [0.2, 0.25) is 0 Å². The molecule has 164 valence electrons. The minimum Gasteiger partial charge on any atom is -0.465 e. The molecule has 10 radical (unpaired) electrons. The predicted octanol–water partition coefficient (Wildman–Crippen LogP) is 3.96. The molecule has 0 saturated heterocycles. The average Bonchev–Trinajstić information content (AvgIpc) is 3.53. The standard InChI is InChI=1S/C19H21O5S.C5H5.Fe/c1-3-23-18(21)17(19(22)24-4-2)14(16-10-7-11-25-16)12-15(20)13-8-5-6-9-13;1-2-4-5-3-1;/h5-11,14,17H,3-4,12H2,1-2H3;1-5H;/q;;+2. The van der Waals surface area contributed by atoms with Gasteiger partial charge < -0.3 is 9.47 Å². The fourth-order valence-electron chi connectivity index (χ4n) is 2.97. The molecule has 1 heterocycles. The zero-order chi connectivity index (χ0) is 21.8. The van der Waals surface area contributed by atoms with Crippen molar-refractivity contribution < 1.29 is 40.9 Å². The van der Waals surface area contributed by atoms with E-state index in [4.69, 9.17) is 9.47 Å². The Kier molecular flexibility index (Phi) is 14.0. The SMILES string of the molecule is CCOC(=O)C(C(=O)OCC)C(CC(=O)[C]1[CH][CH][CH][CH]1)c1cccs1.[CH]1[CH][CH][CH][CH]1.[Fe+2]. The van der Waals surface area contributed by atoms with E-state index in [-0.39, 0.29) is 42.5 Å². The summed E-state index contributed by atoms with van der Waals surface area (Å²) in [5, 5.41) is 1.85. The van der Waals surface area contributed by atoms with E-state index in [0.717, 1.165) is 4.88 Å². The van der Waals surface area contributed by atoms with Crippen molar-refractivity contribution >= 4 is 29.1 Å². The molecular formula is C24H26FeO5S+2. The Labute approximate surface area is 201 Å². The van der Waals surface area contributed by atoms with E-state index >= 15 is 0 Å². The van der Waals surface area contributed by atoms with E-state index in [2.05, 4.69) is 0 Å². The summed E-state index contributed by atoms with van der Waals surface area (Å²) in [7, 11) is 0. The molecule has 0 bridgehead atoms. The summed E-state index contributed by atoms with van der Waals surface area (Å²) in [5.74, 6) is -2.64. The van der Waals surface area contributed by atoms with Crippen LogP contribution in [0.1, 0.15) is 31.1 Å². The number of carbonyl (C=O) groups is 3. The maximum Gasteiger partial charge on any atom is 2.00 e. The first kappa shape index (κ1) is 27.9. The van der Waals surface area contributed by atoms with Gasteiger partial charge in [0, 0.05) is 23.1 Å². The van der Waals surface area contributed by atoms with Crippen LogP contribution in [0.15, 0.2) is 17.5 Å². The van der Waals surface area contributed by atoms with Gasteiger partial charge in [-0.15, -0.1) is 11.3 Å². The fourth-order valence-corrected chi connectivity index (χ4v) is 3.84. The molecule has 1 aromatic heterocycles. The summed E-state index contributed by atoms with van der Waals surface area (Å²) >= 11 is 1.40. The van der Waals surface area contributed by atoms with Crippen LogP contribution in [0.5, 0.6) is 0 Å². The molecule has 0 spiro atoms. The summed E-state index contributed by atoms with van der Waals surface area (Å²) in [4.78, 5) is 38.2. The maximum atomic E-state index is 12.6. The van der Waals surface area contributed by atoms with Crippen LogP contribution in [0.25, 0.3) is 0 Å². The Balaban J connectivity index is 0.000000701. The summed E-state index contributed by atoms with van der Waals surface area (Å²) in [5.41, 5.74) is 0. The molecule has 2 aliphatic rings. The molecule has 2 aliphatic carbocycles. The molecule has 2 fully saturated rings. The first-order valence-corrected chi connectivity index (χ1v) is 10.7. The van der Waals surface area contributed by atoms with Gasteiger partial charge in [-0.2, -0.15) is 0 Å². The van der Waals surface area contributed by atoms with Gasteiger partial charge in [0.2, 0.25) is 0 Å². The normalized spacial score (nSPS) is 16.7. The van der Waals surface area contributed by atoms with E-state index in [9.17, 15) is 14.4 Å². The van der Waals surface area contributed by atoms with Crippen molar-refractivity contribution in [3.05, 3.63) is 86.1 Å². The number of ketones is 1. The number of carbonyl (C=O) groups excluding carboxylic acids is 3. The molecule has 31 heavy (non-hydrogen) atoms.